The van der Waals surface area contributed by atoms with Gasteiger partial charge in [0.05, 0.1) is 5.92 Å². The van der Waals surface area contributed by atoms with Crippen LogP contribution in [0.25, 0.3) is 0 Å². The van der Waals surface area contributed by atoms with E-state index in [0.29, 0.717) is 13.1 Å². The van der Waals surface area contributed by atoms with E-state index < -0.39 is 5.97 Å². The Kier molecular flexibility index (Phi) is 2.67. The number of nitrogens with zero attached hydrogens (tertiary/aromatic N) is 1. The molecule has 2 atom stereocenters. The van der Waals surface area contributed by atoms with E-state index in [1.54, 1.807) is 4.90 Å². The Bertz CT molecular complexity index is 286. The normalized spacial score (nSPS) is 31.4. The van der Waals surface area contributed by atoms with Crippen LogP contribution in [0.3, 0.4) is 0 Å². The average Bonchev–Trinajstić information content (AvgIpc) is 2.44. The molecule has 1 amide bonds. The molecule has 0 spiro atoms. The molecule has 84 valence electrons. The monoisotopic (exact) mass is 211 g/mol. The van der Waals surface area contributed by atoms with Crippen molar-refractivity contribution in [2.75, 3.05) is 13.1 Å². The lowest BCUT2D eigenvalue weighted by Gasteiger charge is -2.29. The first-order valence-corrected chi connectivity index (χ1v) is 5.61. The van der Waals surface area contributed by atoms with Crippen LogP contribution in [0, 0.1) is 17.8 Å². The average molecular weight is 211 g/mol. The molecule has 0 bridgehead atoms. The van der Waals surface area contributed by atoms with Gasteiger partial charge in [-0.05, 0) is 18.8 Å². The lowest BCUT2D eigenvalue weighted by Crippen LogP contribution is -2.37. The van der Waals surface area contributed by atoms with Crippen molar-refractivity contribution >= 4 is 11.9 Å². The highest BCUT2D eigenvalue weighted by Crippen LogP contribution is 2.31. The van der Waals surface area contributed by atoms with Crippen LogP contribution in [-0.2, 0) is 9.59 Å². The Morgan fingerprint density at radius 3 is 2.33 bits per heavy atom. The zero-order valence-electron chi connectivity index (χ0n) is 8.98. The van der Waals surface area contributed by atoms with Gasteiger partial charge in [0.25, 0.3) is 0 Å². The number of aliphatic carboxylic acids is 1. The van der Waals surface area contributed by atoms with E-state index in [2.05, 4.69) is 0 Å². The molecular weight excluding hydrogens is 194 g/mol. The van der Waals surface area contributed by atoms with Gasteiger partial charge in [0.2, 0.25) is 5.91 Å². The van der Waals surface area contributed by atoms with Gasteiger partial charge in [-0.2, -0.15) is 0 Å². The standard InChI is InChI=1S/C11H17NO3/c1-7-5-12(6-9(7)11(14)15)10(13)8-3-2-4-8/h7-9H,2-6H2,1H3,(H,14,15). The van der Waals surface area contributed by atoms with Crippen LogP contribution in [-0.4, -0.2) is 35.0 Å². The van der Waals surface area contributed by atoms with Crippen molar-refractivity contribution in [3.63, 3.8) is 0 Å². The lowest BCUT2D eigenvalue weighted by atomic mass is 9.84. The minimum atomic E-state index is -0.772. The highest BCUT2D eigenvalue weighted by atomic mass is 16.4. The number of hydrogen-bond acceptors (Lipinski definition) is 2. The summed E-state index contributed by atoms with van der Waals surface area (Å²) in [6.07, 6.45) is 3.12. The van der Waals surface area contributed by atoms with Gasteiger partial charge in [0, 0.05) is 19.0 Å². The molecule has 1 N–H and O–H groups in total. The summed E-state index contributed by atoms with van der Waals surface area (Å²) < 4.78 is 0. The molecule has 0 aromatic heterocycles. The first-order chi connectivity index (χ1) is 7.09. The molecule has 2 aliphatic rings. The third-order valence-electron chi connectivity index (χ3n) is 3.70. The van der Waals surface area contributed by atoms with E-state index in [1.165, 1.54) is 0 Å². The molecule has 0 radical (unpaired) electrons. The Balaban J connectivity index is 1.95. The van der Waals surface area contributed by atoms with Crippen LogP contribution in [0.5, 0.6) is 0 Å². The van der Waals surface area contributed by atoms with Gasteiger partial charge in [-0.1, -0.05) is 13.3 Å². The zero-order chi connectivity index (χ0) is 11.0. The van der Waals surface area contributed by atoms with Gasteiger partial charge < -0.3 is 10.0 Å². The van der Waals surface area contributed by atoms with Gasteiger partial charge in [-0.15, -0.1) is 0 Å². The van der Waals surface area contributed by atoms with Crippen molar-refractivity contribution in [1.82, 2.24) is 4.90 Å². The smallest absolute Gasteiger partial charge is 0.308 e. The summed E-state index contributed by atoms with van der Waals surface area (Å²) in [7, 11) is 0. The maximum absolute atomic E-state index is 11.9. The van der Waals surface area contributed by atoms with Gasteiger partial charge in [-0.3, -0.25) is 9.59 Å². The maximum atomic E-state index is 11.9. The fraction of sp³-hybridized carbons (Fsp3) is 0.818. The number of carbonyl (C=O) groups excluding carboxylic acids is 1. The van der Waals surface area contributed by atoms with E-state index in [0.717, 1.165) is 19.3 Å². The van der Waals surface area contributed by atoms with Gasteiger partial charge in [-0.25, -0.2) is 0 Å². The van der Waals surface area contributed by atoms with E-state index in [9.17, 15) is 9.59 Å². The predicted molar refractivity (Wildman–Crippen MR) is 54.2 cm³/mol. The molecule has 1 aliphatic heterocycles. The number of rotatable bonds is 2. The second kappa shape index (κ2) is 3.83. The molecule has 1 saturated heterocycles. The summed E-state index contributed by atoms with van der Waals surface area (Å²) in [4.78, 5) is 24.5. The van der Waals surface area contributed by atoms with E-state index in [1.807, 2.05) is 6.92 Å². The van der Waals surface area contributed by atoms with Crippen molar-refractivity contribution in [3.05, 3.63) is 0 Å². The molecule has 1 saturated carbocycles. The molecule has 4 heteroatoms. The highest BCUT2D eigenvalue weighted by Gasteiger charge is 2.39. The molecule has 0 aromatic carbocycles. The second-order valence-electron chi connectivity index (χ2n) is 4.79. The van der Waals surface area contributed by atoms with Crippen LogP contribution in [0.15, 0.2) is 0 Å². The SMILES string of the molecule is CC1CN(C(=O)C2CCC2)CC1C(=O)O. The fourth-order valence-corrected chi connectivity index (χ4v) is 2.38. The van der Waals surface area contributed by atoms with Crippen molar-refractivity contribution < 1.29 is 14.7 Å². The Labute approximate surface area is 89.3 Å². The van der Waals surface area contributed by atoms with Gasteiger partial charge >= 0.3 is 5.97 Å². The summed E-state index contributed by atoms with van der Waals surface area (Å²) in [6, 6.07) is 0. The summed E-state index contributed by atoms with van der Waals surface area (Å²) in [5, 5.41) is 8.96. The highest BCUT2D eigenvalue weighted by molar-refractivity contribution is 5.81. The minimum Gasteiger partial charge on any atom is -0.481 e. The second-order valence-corrected chi connectivity index (χ2v) is 4.79. The van der Waals surface area contributed by atoms with Crippen LogP contribution in [0.4, 0.5) is 0 Å². The number of hydrogen-bond donors (Lipinski definition) is 1. The predicted octanol–water partition coefficient (Wildman–Crippen LogP) is 0.966. The molecule has 1 aliphatic carbocycles. The van der Waals surface area contributed by atoms with Gasteiger partial charge in [0.1, 0.15) is 0 Å². The number of carboxylic acids is 1. The molecule has 0 aromatic rings. The first kappa shape index (κ1) is 10.5. The molecule has 2 rings (SSSR count). The van der Waals surface area contributed by atoms with Crippen molar-refractivity contribution in [1.29, 1.82) is 0 Å². The number of likely N-dealkylation sites (tertiary alicyclic amines) is 1. The topological polar surface area (TPSA) is 57.6 Å². The molecular formula is C11H17NO3. The fourth-order valence-electron chi connectivity index (χ4n) is 2.38. The van der Waals surface area contributed by atoms with Gasteiger partial charge in [0.15, 0.2) is 0 Å². The van der Waals surface area contributed by atoms with E-state index in [-0.39, 0.29) is 23.7 Å². The third kappa shape index (κ3) is 1.85. The largest absolute Gasteiger partial charge is 0.481 e. The summed E-state index contributed by atoms with van der Waals surface area (Å²) in [5.74, 6) is -0.687. The summed E-state index contributed by atoms with van der Waals surface area (Å²) in [5.41, 5.74) is 0. The number of carbonyl (C=O) groups is 2. The zero-order valence-corrected chi connectivity index (χ0v) is 8.98. The third-order valence-corrected chi connectivity index (χ3v) is 3.70. The molecule has 2 fully saturated rings. The Morgan fingerprint density at radius 1 is 1.27 bits per heavy atom. The van der Waals surface area contributed by atoms with Crippen molar-refractivity contribution in [3.8, 4) is 0 Å². The number of amides is 1. The molecule has 2 unspecified atom stereocenters. The molecule has 4 nitrogen and oxygen atoms in total. The van der Waals surface area contributed by atoms with Crippen molar-refractivity contribution in [2.24, 2.45) is 17.8 Å². The summed E-state index contributed by atoms with van der Waals surface area (Å²) >= 11 is 0. The van der Waals surface area contributed by atoms with E-state index >= 15 is 0 Å². The first-order valence-electron chi connectivity index (χ1n) is 5.61. The van der Waals surface area contributed by atoms with Crippen molar-refractivity contribution in [2.45, 2.75) is 26.2 Å². The van der Waals surface area contributed by atoms with E-state index in [4.69, 9.17) is 5.11 Å². The maximum Gasteiger partial charge on any atom is 0.308 e. The Hall–Kier alpha value is -1.06. The van der Waals surface area contributed by atoms with Crippen LogP contribution in [0.2, 0.25) is 0 Å². The quantitative estimate of drug-likeness (QED) is 0.740. The Morgan fingerprint density at radius 2 is 1.93 bits per heavy atom. The lowest BCUT2D eigenvalue weighted by molar-refractivity contribution is -0.142. The number of carboxylic acid groups (broad SMARTS) is 1. The minimum absolute atomic E-state index is 0.0894. The van der Waals surface area contributed by atoms with Crippen LogP contribution in [0.1, 0.15) is 26.2 Å². The molecule has 1 heterocycles. The van der Waals surface area contributed by atoms with Crippen LogP contribution >= 0.6 is 0 Å². The van der Waals surface area contributed by atoms with Crippen LogP contribution < -0.4 is 0 Å². The molecule has 15 heavy (non-hydrogen) atoms. The summed E-state index contributed by atoms with van der Waals surface area (Å²) in [6.45, 7) is 2.94.